The zero-order chi connectivity index (χ0) is 25.9. The number of hydrogen-bond acceptors (Lipinski definition) is 8. The maximum Gasteiger partial charge on any atom is 0.350 e. The molecule has 1 N–H and O–H groups in total. The van der Waals surface area contributed by atoms with Crippen molar-refractivity contribution in [2.24, 2.45) is 0 Å². The highest BCUT2D eigenvalue weighted by atomic mass is 32.2. The third kappa shape index (κ3) is 5.65. The highest BCUT2D eigenvalue weighted by Gasteiger charge is 2.32. The van der Waals surface area contributed by atoms with Gasteiger partial charge in [0.05, 0.1) is 29.4 Å². The standard InChI is InChI=1S/C25H27N3O6S2/c1-4-33-24(30)22-21(18-8-6-5-7-9-18)26-25(35-22)27-23(29)19-10-12-20(13-11-19)36(31,32)28-14-16(2)34-17(3)15-28/h5-13,16-17H,4,14-15H2,1-3H3,(H,26,27,29). The van der Waals surface area contributed by atoms with Crippen LogP contribution in [0.2, 0.25) is 0 Å². The first kappa shape index (κ1) is 26.0. The maximum absolute atomic E-state index is 13.1. The van der Waals surface area contributed by atoms with Crippen LogP contribution in [0.4, 0.5) is 5.13 Å². The van der Waals surface area contributed by atoms with E-state index in [1.165, 1.54) is 28.6 Å². The summed E-state index contributed by atoms with van der Waals surface area (Å²) in [6, 6.07) is 14.9. The number of aromatic nitrogens is 1. The Bertz CT molecular complexity index is 1330. The molecule has 1 aliphatic heterocycles. The Balaban J connectivity index is 1.53. The Morgan fingerprint density at radius 1 is 1.08 bits per heavy atom. The highest BCUT2D eigenvalue weighted by molar-refractivity contribution is 7.89. The van der Waals surface area contributed by atoms with Crippen LogP contribution in [-0.2, 0) is 19.5 Å². The maximum atomic E-state index is 13.1. The quantitative estimate of drug-likeness (QED) is 0.460. The van der Waals surface area contributed by atoms with Crippen LogP contribution in [0.5, 0.6) is 0 Å². The van der Waals surface area contributed by atoms with E-state index in [1.54, 1.807) is 6.92 Å². The molecule has 2 unspecified atom stereocenters. The van der Waals surface area contributed by atoms with Gasteiger partial charge in [0, 0.05) is 24.2 Å². The summed E-state index contributed by atoms with van der Waals surface area (Å²) in [7, 11) is -3.72. The summed E-state index contributed by atoms with van der Waals surface area (Å²) in [5.74, 6) is -0.994. The minimum atomic E-state index is -3.72. The van der Waals surface area contributed by atoms with Crippen molar-refractivity contribution in [3.05, 3.63) is 65.0 Å². The van der Waals surface area contributed by atoms with E-state index in [-0.39, 0.29) is 52.4 Å². The van der Waals surface area contributed by atoms with Crippen LogP contribution in [0.3, 0.4) is 0 Å². The van der Waals surface area contributed by atoms with Gasteiger partial charge < -0.3 is 9.47 Å². The van der Waals surface area contributed by atoms with E-state index in [0.717, 1.165) is 16.9 Å². The van der Waals surface area contributed by atoms with E-state index in [4.69, 9.17) is 9.47 Å². The van der Waals surface area contributed by atoms with E-state index in [0.29, 0.717) is 5.69 Å². The van der Waals surface area contributed by atoms with Crippen molar-refractivity contribution in [2.45, 2.75) is 37.9 Å². The SMILES string of the molecule is CCOC(=O)c1sc(NC(=O)c2ccc(S(=O)(=O)N3CC(C)OC(C)C3)cc2)nc1-c1ccccc1. The predicted octanol–water partition coefficient (Wildman–Crippen LogP) is 4.04. The molecule has 1 amide bonds. The third-order valence-corrected chi connectivity index (χ3v) is 8.29. The normalized spacial score (nSPS) is 18.5. The Hall–Kier alpha value is -3.12. The molecule has 190 valence electrons. The summed E-state index contributed by atoms with van der Waals surface area (Å²) >= 11 is 1.02. The summed E-state index contributed by atoms with van der Waals surface area (Å²) < 4.78 is 38.3. The summed E-state index contributed by atoms with van der Waals surface area (Å²) in [6.07, 6.45) is -0.403. The number of carbonyl (C=O) groups excluding carboxylic acids is 2. The van der Waals surface area contributed by atoms with Gasteiger partial charge in [0.2, 0.25) is 10.0 Å². The number of benzene rings is 2. The summed E-state index contributed by atoms with van der Waals surface area (Å²) in [4.78, 5) is 30.2. The van der Waals surface area contributed by atoms with Crippen molar-refractivity contribution in [1.29, 1.82) is 0 Å². The highest BCUT2D eigenvalue weighted by Crippen LogP contribution is 2.32. The van der Waals surface area contributed by atoms with Gasteiger partial charge >= 0.3 is 5.97 Å². The molecule has 1 saturated heterocycles. The molecule has 4 rings (SSSR count). The predicted molar refractivity (Wildman–Crippen MR) is 137 cm³/mol. The number of hydrogen-bond donors (Lipinski definition) is 1. The molecule has 0 bridgehead atoms. The molecule has 2 aromatic carbocycles. The molecule has 0 saturated carbocycles. The molecule has 2 heterocycles. The number of anilines is 1. The molecule has 3 aromatic rings. The summed E-state index contributed by atoms with van der Waals surface area (Å²) in [5.41, 5.74) is 1.40. The van der Waals surface area contributed by atoms with Crippen molar-refractivity contribution in [3.8, 4) is 11.3 Å². The van der Waals surface area contributed by atoms with Crippen LogP contribution in [0.25, 0.3) is 11.3 Å². The first-order valence-electron chi connectivity index (χ1n) is 11.5. The molecule has 0 spiro atoms. The van der Waals surface area contributed by atoms with Crippen molar-refractivity contribution >= 4 is 38.4 Å². The second-order valence-corrected chi connectivity index (χ2v) is 11.3. The third-order valence-electron chi connectivity index (χ3n) is 5.50. The van der Waals surface area contributed by atoms with Gasteiger partial charge in [0.25, 0.3) is 5.91 Å². The molecule has 1 fully saturated rings. The Kier molecular flexibility index (Phi) is 7.84. The summed E-state index contributed by atoms with van der Waals surface area (Å²) in [5, 5.41) is 2.93. The molecular formula is C25H27N3O6S2. The molecule has 36 heavy (non-hydrogen) atoms. The van der Waals surface area contributed by atoms with Crippen LogP contribution in [-0.4, -0.2) is 61.5 Å². The molecule has 1 aromatic heterocycles. The van der Waals surface area contributed by atoms with Crippen molar-refractivity contribution in [2.75, 3.05) is 25.0 Å². The van der Waals surface area contributed by atoms with Crippen LogP contribution >= 0.6 is 11.3 Å². The lowest BCUT2D eigenvalue weighted by Gasteiger charge is -2.34. The van der Waals surface area contributed by atoms with Gasteiger partial charge in [-0.2, -0.15) is 4.31 Å². The minimum absolute atomic E-state index is 0.102. The van der Waals surface area contributed by atoms with Crippen molar-refractivity contribution in [1.82, 2.24) is 9.29 Å². The lowest BCUT2D eigenvalue weighted by molar-refractivity contribution is -0.0440. The number of morpholine rings is 1. The molecule has 9 nitrogen and oxygen atoms in total. The van der Waals surface area contributed by atoms with E-state index >= 15 is 0 Å². The average Bonchev–Trinajstić information content (AvgIpc) is 3.28. The fourth-order valence-electron chi connectivity index (χ4n) is 3.92. The molecule has 0 aliphatic carbocycles. The summed E-state index contributed by atoms with van der Waals surface area (Å²) in [6.45, 7) is 6.14. The van der Waals surface area contributed by atoms with E-state index in [9.17, 15) is 18.0 Å². The first-order valence-corrected chi connectivity index (χ1v) is 13.7. The number of amides is 1. The zero-order valence-corrected chi connectivity index (χ0v) is 21.8. The number of thiazole rings is 1. The van der Waals surface area contributed by atoms with Gasteiger partial charge in [-0.3, -0.25) is 10.1 Å². The van der Waals surface area contributed by atoms with Gasteiger partial charge in [-0.15, -0.1) is 0 Å². The second-order valence-electron chi connectivity index (χ2n) is 8.34. The largest absolute Gasteiger partial charge is 0.462 e. The monoisotopic (exact) mass is 529 g/mol. The molecule has 11 heteroatoms. The number of sulfonamides is 1. The van der Waals surface area contributed by atoms with E-state index in [1.807, 2.05) is 44.2 Å². The number of ether oxygens (including phenoxy) is 2. The van der Waals surface area contributed by atoms with Crippen LogP contribution in [0.15, 0.2) is 59.5 Å². The second kappa shape index (κ2) is 10.9. The topological polar surface area (TPSA) is 115 Å². The first-order chi connectivity index (χ1) is 17.2. The van der Waals surface area contributed by atoms with Gasteiger partial charge in [0.15, 0.2) is 5.13 Å². The van der Waals surface area contributed by atoms with Crippen molar-refractivity contribution in [3.63, 3.8) is 0 Å². The molecule has 0 radical (unpaired) electrons. The number of esters is 1. The minimum Gasteiger partial charge on any atom is -0.462 e. The van der Waals surface area contributed by atoms with Gasteiger partial charge in [0.1, 0.15) is 4.88 Å². The van der Waals surface area contributed by atoms with Crippen LogP contribution < -0.4 is 5.32 Å². The van der Waals surface area contributed by atoms with Gasteiger partial charge in [-0.1, -0.05) is 41.7 Å². The smallest absolute Gasteiger partial charge is 0.350 e. The van der Waals surface area contributed by atoms with Crippen molar-refractivity contribution < 1.29 is 27.5 Å². The Morgan fingerprint density at radius 3 is 2.33 bits per heavy atom. The fourth-order valence-corrected chi connectivity index (χ4v) is 6.39. The Morgan fingerprint density at radius 2 is 1.72 bits per heavy atom. The van der Waals surface area contributed by atoms with Crippen LogP contribution in [0.1, 0.15) is 40.8 Å². The molecular weight excluding hydrogens is 502 g/mol. The van der Waals surface area contributed by atoms with Crippen LogP contribution in [0, 0.1) is 0 Å². The van der Waals surface area contributed by atoms with Gasteiger partial charge in [-0.05, 0) is 45.0 Å². The lowest BCUT2D eigenvalue weighted by atomic mass is 10.1. The average molecular weight is 530 g/mol. The van der Waals surface area contributed by atoms with E-state index < -0.39 is 21.9 Å². The number of nitrogens with zero attached hydrogens (tertiary/aromatic N) is 2. The fraction of sp³-hybridized carbons (Fsp3) is 0.320. The molecule has 2 atom stereocenters. The molecule has 1 aliphatic rings. The number of rotatable bonds is 7. The number of nitrogens with one attached hydrogen (secondary N) is 1. The zero-order valence-electron chi connectivity index (χ0n) is 20.1. The number of carbonyl (C=O) groups is 2. The lowest BCUT2D eigenvalue weighted by Crippen LogP contribution is -2.48. The Labute approximate surface area is 214 Å². The van der Waals surface area contributed by atoms with E-state index in [2.05, 4.69) is 10.3 Å². The van der Waals surface area contributed by atoms with Gasteiger partial charge in [-0.25, -0.2) is 18.2 Å².